The first-order valence-corrected chi connectivity index (χ1v) is 9.19. The molecular formula is C22H22N4O3. The zero-order valence-corrected chi connectivity index (χ0v) is 16.5. The molecule has 2 N–H and O–H groups in total. The number of carbonyl (C=O) groups excluding carboxylic acids is 2. The predicted molar refractivity (Wildman–Crippen MR) is 112 cm³/mol. The third-order valence-electron chi connectivity index (χ3n) is 4.47. The lowest BCUT2D eigenvalue weighted by atomic mass is 10.1. The lowest BCUT2D eigenvalue weighted by molar-refractivity contribution is 0.0601. The van der Waals surface area contributed by atoms with Gasteiger partial charge in [0.15, 0.2) is 0 Å². The van der Waals surface area contributed by atoms with Crippen LogP contribution in [0.2, 0.25) is 0 Å². The van der Waals surface area contributed by atoms with Crippen LogP contribution in [0.4, 0.5) is 17.2 Å². The van der Waals surface area contributed by atoms with E-state index in [-0.39, 0.29) is 11.6 Å². The Morgan fingerprint density at radius 3 is 2.62 bits per heavy atom. The van der Waals surface area contributed by atoms with Crippen molar-refractivity contribution in [3.8, 4) is 0 Å². The number of nitrogens with one attached hydrogen (secondary N) is 2. The van der Waals surface area contributed by atoms with Crippen LogP contribution in [-0.4, -0.2) is 29.0 Å². The van der Waals surface area contributed by atoms with E-state index in [1.165, 1.54) is 19.5 Å². The number of ether oxygens (including phenoxy) is 1. The highest BCUT2D eigenvalue weighted by molar-refractivity contribution is 6.04. The molecule has 3 aromatic rings. The fourth-order valence-corrected chi connectivity index (χ4v) is 2.95. The second-order valence-corrected chi connectivity index (χ2v) is 6.37. The number of anilines is 3. The summed E-state index contributed by atoms with van der Waals surface area (Å²) in [7, 11) is 1.32. The van der Waals surface area contributed by atoms with Crippen molar-refractivity contribution in [2.75, 3.05) is 17.7 Å². The van der Waals surface area contributed by atoms with E-state index in [9.17, 15) is 9.59 Å². The normalized spacial score (nSPS) is 10.3. The van der Waals surface area contributed by atoms with E-state index in [1.54, 1.807) is 24.3 Å². The maximum Gasteiger partial charge on any atom is 0.339 e. The number of benzene rings is 2. The molecule has 0 unspecified atom stereocenters. The van der Waals surface area contributed by atoms with Gasteiger partial charge in [0.05, 0.1) is 18.4 Å². The molecule has 148 valence electrons. The molecular weight excluding hydrogens is 368 g/mol. The first-order chi connectivity index (χ1) is 14.0. The van der Waals surface area contributed by atoms with E-state index in [4.69, 9.17) is 4.74 Å². The summed E-state index contributed by atoms with van der Waals surface area (Å²) in [6.07, 6.45) is 2.11. The molecule has 2 aromatic carbocycles. The molecule has 0 aliphatic rings. The van der Waals surface area contributed by atoms with Crippen molar-refractivity contribution in [3.05, 3.63) is 77.2 Å². The van der Waals surface area contributed by atoms with Crippen molar-refractivity contribution in [1.82, 2.24) is 9.97 Å². The van der Waals surface area contributed by atoms with Crippen LogP contribution >= 0.6 is 0 Å². The van der Waals surface area contributed by atoms with Gasteiger partial charge in [0.1, 0.15) is 17.8 Å². The van der Waals surface area contributed by atoms with Crippen LogP contribution in [0.1, 0.15) is 38.9 Å². The van der Waals surface area contributed by atoms with E-state index in [0.29, 0.717) is 17.1 Å². The number of esters is 1. The second-order valence-electron chi connectivity index (χ2n) is 6.37. The fraction of sp³-hybridized carbons (Fsp3) is 0.182. The molecule has 0 radical (unpaired) electrons. The molecule has 29 heavy (non-hydrogen) atoms. The molecule has 1 heterocycles. The average molecular weight is 390 g/mol. The van der Waals surface area contributed by atoms with Crippen molar-refractivity contribution in [2.24, 2.45) is 0 Å². The standard InChI is InChI=1S/C22H22N4O3/c1-4-15-9-7-8-14(2)20(15)26-21(27)18-12-19(24-13-23-18)25-17-11-6-5-10-16(17)22(28)29-3/h5-13H,4H2,1-3H3,(H,26,27)(H,23,24,25). The van der Waals surface area contributed by atoms with Gasteiger partial charge in [-0.05, 0) is 36.6 Å². The Morgan fingerprint density at radius 1 is 1.07 bits per heavy atom. The summed E-state index contributed by atoms with van der Waals surface area (Å²) in [4.78, 5) is 32.9. The van der Waals surface area contributed by atoms with E-state index in [1.807, 2.05) is 32.0 Å². The summed E-state index contributed by atoms with van der Waals surface area (Å²) in [5.74, 6) is -0.408. The van der Waals surface area contributed by atoms with E-state index < -0.39 is 5.97 Å². The van der Waals surface area contributed by atoms with Gasteiger partial charge in [0.2, 0.25) is 0 Å². The summed E-state index contributed by atoms with van der Waals surface area (Å²) < 4.78 is 4.80. The summed E-state index contributed by atoms with van der Waals surface area (Å²) in [5.41, 5.74) is 3.94. The highest BCUT2D eigenvalue weighted by atomic mass is 16.5. The molecule has 7 heteroatoms. The Morgan fingerprint density at radius 2 is 1.86 bits per heavy atom. The number of amides is 1. The number of carbonyl (C=O) groups is 2. The molecule has 1 amide bonds. The molecule has 0 aliphatic heterocycles. The van der Waals surface area contributed by atoms with Gasteiger partial charge < -0.3 is 15.4 Å². The van der Waals surface area contributed by atoms with Gasteiger partial charge in [0.25, 0.3) is 5.91 Å². The largest absolute Gasteiger partial charge is 0.465 e. The Kier molecular flexibility index (Phi) is 6.19. The van der Waals surface area contributed by atoms with E-state index in [2.05, 4.69) is 20.6 Å². The predicted octanol–water partition coefficient (Wildman–Crippen LogP) is 4.13. The molecule has 0 aliphatic carbocycles. The maximum absolute atomic E-state index is 12.8. The Labute approximate surface area is 169 Å². The third kappa shape index (κ3) is 4.57. The zero-order valence-electron chi connectivity index (χ0n) is 16.5. The number of rotatable bonds is 6. The number of hydrogen-bond donors (Lipinski definition) is 2. The molecule has 0 saturated carbocycles. The first-order valence-electron chi connectivity index (χ1n) is 9.19. The molecule has 7 nitrogen and oxygen atoms in total. The van der Waals surface area contributed by atoms with Gasteiger partial charge in [-0.1, -0.05) is 37.3 Å². The van der Waals surface area contributed by atoms with Gasteiger partial charge in [-0.25, -0.2) is 14.8 Å². The van der Waals surface area contributed by atoms with Gasteiger partial charge >= 0.3 is 5.97 Å². The highest BCUT2D eigenvalue weighted by Crippen LogP contribution is 2.23. The second kappa shape index (κ2) is 8.97. The van der Waals surface area contributed by atoms with Crippen molar-refractivity contribution >= 4 is 29.1 Å². The molecule has 0 bridgehead atoms. The number of aryl methyl sites for hydroxylation is 2. The molecule has 3 rings (SSSR count). The SMILES string of the molecule is CCc1cccc(C)c1NC(=O)c1cc(Nc2ccccc2C(=O)OC)ncn1. The Bertz CT molecular complexity index is 1050. The topological polar surface area (TPSA) is 93.2 Å². The minimum atomic E-state index is -0.466. The van der Waals surface area contributed by atoms with E-state index >= 15 is 0 Å². The number of aromatic nitrogens is 2. The molecule has 1 aromatic heterocycles. The highest BCUT2D eigenvalue weighted by Gasteiger charge is 2.15. The zero-order chi connectivity index (χ0) is 20.8. The summed E-state index contributed by atoms with van der Waals surface area (Å²) >= 11 is 0. The first kappa shape index (κ1) is 20.0. The third-order valence-corrected chi connectivity index (χ3v) is 4.47. The number of methoxy groups -OCH3 is 1. The minimum absolute atomic E-state index is 0.211. The number of para-hydroxylation sites is 2. The minimum Gasteiger partial charge on any atom is -0.465 e. The maximum atomic E-state index is 12.8. The van der Waals surface area contributed by atoms with Crippen molar-refractivity contribution < 1.29 is 14.3 Å². The monoisotopic (exact) mass is 390 g/mol. The van der Waals surface area contributed by atoms with Crippen LogP contribution in [0.25, 0.3) is 0 Å². The summed E-state index contributed by atoms with van der Waals surface area (Å²) in [6.45, 7) is 3.99. The quantitative estimate of drug-likeness (QED) is 0.615. The van der Waals surface area contributed by atoms with Gasteiger partial charge in [-0.3, -0.25) is 4.79 Å². The molecule has 0 spiro atoms. The van der Waals surface area contributed by atoms with Crippen LogP contribution in [0.15, 0.2) is 54.9 Å². The van der Waals surface area contributed by atoms with Crippen LogP contribution in [0, 0.1) is 6.92 Å². The fourth-order valence-electron chi connectivity index (χ4n) is 2.95. The number of nitrogens with zero attached hydrogens (tertiary/aromatic N) is 2. The Balaban J connectivity index is 1.84. The summed E-state index contributed by atoms with van der Waals surface area (Å²) in [6, 6.07) is 14.3. The van der Waals surface area contributed by atoms with Crippen molar-refractivity contribution in [3.63, 3.8) is 0 Å². The molecule has 0 atom stereocenters. The summed E-state index contributed by atoms with van der Waals surface area (Å²) in [5, 5.41) is 5.99. The lowest BCUT2D eigenvalue weighted by Gasteiger charge is -2.13. The van der Waals surface area contributed by atoms with Gasteiger partial charge in [0, 0.05) is 11.8 Å². The van der Waals surface area contributed by atoms with E-state index in [0.717, 1.165) is 23.2 Å². The lowest BCUT2D eigenvalue weighted by Crippen LogP contribution is -2.16. The molecule has 0 fully saturated rings. The van der Waals surface area contributed by atoms with Crippen molar-refractivity contribution in [2.45, 2.75) is 20.3 Å². The smallest absolute Gasteiger partial charge is 0.339 e. The van der Waals surface area contributed by atoms with Crippen LogP contribution in [0.3, 0.4) is 0 Å². The number of hydrogen-bond acceptors (Lipinski definition) is 6. The van der Waals surface area contributed by atoms with Gasteiger partial charge in [-0.2, -0.15) is 0 Å². The van der Waals surface area contributed by atoms with Crippen LogP contribution in [0.5, 0.6) is 0 Å². The van der Waals surface area contributed by atoms with Gasteiger partial charge in [-0.15, -0.1) is 0 Å². The van der Waals surface area contributed by atoms with Crippen LogP contribution in [-0.2, 0) is 11.2 Å². The average Bonchev–Trinajstić information content (AvgIpc) is 2.75. The Hall–Kier alpha value is -3.74. The van der Waals surface area contributed by atoms with Crippen LogP contribution < -0.4 is 10.6 Å². The molecule has 0 saturated heterocycles. The van der Waals surface area contributed by atoms with Crippen molar-refractivity contribution in [1.29, 1.82) is 0 Å².